The summed E-state index contributed by atoms with van der Waals surface area (Å²) in [4.78, 5) is 29.3. The van der Waals surface area contributed by atoms with E-state index in [1.165, 1.54) is 0 Å². The van der Waals surface area contributed by atoms with Crippen molar-refractivity contribution in [1.29, 1.82) is 0 Å². The second-order valence-corrected chi connectivity index (χ2v) is 6.68. The molecular weight excluding hydrogens is 340 g/mol. The van der Waals surface area contributed by atoms with Gasteiger partial charge in [0.1, 0.15) is 5.75 Å². The van der Waals surface area contributed by atoms with Crippen molar-refractivity contribution in [2.45, 2.75) is 27.2 Å². The van der Waals surface area contributed by atoms with Crippen molar-refractivity contribution in [2.75, 3.05) is 29.5 Å². The average Bonchev–Trinajstić information content (AvgIpc) is 3.06. The molecule has 1 aliphatic rings. The Morgan fingerprint density at radius 3 is 2.56 bits per heavy atom. The Morgan fingerprint density at radius 1 is 1.15 bits per heavy atom. The van der Waals surface area contributed by atoms with Gasteiger partial charge in [0.15, 0.2) is 0 Å². The molecule has 2 aromatic rings. The van der Waals surface area contributed by atoms with Crippen molar-refractivity contribution < 1.29 is 14.3 Å². The molecule has 2 amide bonds. The molecule has 0 N–H and O–H groups in total. The number of aryl methyl sites for hydroxylation is 1. The third-order valence-electron chi connectivity index (χ3n) is 4.92. The van der Waals surface area contributed by atoms with Crippen LogP contribution in [-0.4, -0.2) is 31.5 Å². The standard InChI is InChI=1S/C22H26N2O3/c1-4-23(18-11-7-6-10-16(18)3)22(26)17-14-21(25)24(15-17)19-12-8-9-13-20(19)27-5-2/h6-13,17H,4-5,14-15H2,1-3H3. The number of hydrogen-bond acceptors (Lipinski definition) is 3. The molecule has 27 heavy (non-hydrogen) atoms. The molecule has 1 aliphatic heterocycles. The van der Waals surface area contributed by atoms with Crippen LogP contribution in [0.4, 0.5) is 11.4 Å². The zero-order valence-electron chi connectivity index (χ0n) is 16.1. The van der Waals surface area contributed by atoms with E-state index in [2.05, 4.69) is 0 Å². The van der Waals surface area contributed by atoms with E-state index in [9.17, 15) is 9.59 Å². The quantitative estimate of drug-likeness (QED) is 0.781. The van der Waals surface area contributed by atoms with Gasteiger partial charge in [-0.15, -0.1) is 0 Å². The molecule has 0 bridgehead atoms. The minimum absolute atomic E-state index is 0.00320. The summed E-state index contributed by atoms with van der Waals surface area (Å²) in [6.07, 6.45) is 0.224. The number of para-hydroxylation sites is 3. The number of carbonyl (C=O) groups excluding carboxylic acids is 2. The molecule has 2 aromatic carbocycles. The van der Waals surface area contributed by atoms with Crippen LogP contribution in [-0.2, 0) is 9.59 Å². The maximum Gasteiger partial charge on any atom is 0.232 e. The fourth-order valence-electron chi connectivity index (χ4n) is 3.60. The predicted molar refractivity (Wildman–Crippen MR) is 107 cm³/mol. The molecule has 5 nitrogen and oxygen atoms in total. The highest BCUT2D eigenvalue weighted by molar-refractivity contribution is 6.05. The van der Waals surface area contributed by atoms with E-state index in [4.69, 9.17) is 4.74 Å². The number of nitrogens with zero attached hydrogens (tertiary/aromatic N) is 2. The van der Waals surface area contributed by atoms with Gasteiger partial charge in [-0.25, -0.2) is 0 Å². The summed E-state index contributed by atoms with van der Waals surface area (Å²) in [5, 5.41) is 0. The molecule has 0 spiro atoms. The zero-order valence-corrected chi connectivity index (χ0v) is 16.1. The van der Waals surface area contributed by atoms with Crippen molar-refractivity contribution in [3.8, 4) is 5.75 Å². The van der Waals surface area contributed by atoms with E-state index >= 15 is 0 Å². The van der Waals surface area contributed by atoms with E-state index in [0.29, 0.717) is 25.4 Å². The van der Waals surface area contributed by atoms with E-state index in [1.54, 1.807) is 9.80 Å². The number of amides is 2. The summed E-state index contributed by atoms with van der Waals surface area (Å²) in [7, 11) is 0. The molecule has 0 aromatic heterocycles. The topological polar surface area (TPSA) is 49.9 Å². The minimum Gasteiger partial charge on any atom is -0.492 e. The summed E-state index contributed by atoms with van der Waals surface area (Å²) in [6, 6.07) is 15.3. The second-order valence-electron chi connectivity index (χ2n) is 6.68. The van der Waals surface area contributed by atoms with Crippen LogP contribution in [0.5, 0.6) is 5.75 Å². The lowest BCUT2D eigenvalue weighted by atomic mass is 10.1. The van der Waals surface area contributed by atoms with Crippen LogP contribution in [0.3, 0.4) is 0 Å². The van der Waals surface area contributed by atoms with Crippen LogP contribution >= 0.6 is 0 Å². The molecule has 5 heteroatoms. The Labute approximate surface area is 160 Å². The first-order chi connectivity index (χ1) is 13.1. The Balaban J connectivity index is 1.83. The first-order valence-corrected chi connectivity index (χ1v) is 9.46. The van der Waals surface area contributed by atoms with Crippen LogP contribution in [0.2, 0.25) is 0 Å². The van der Waals surface area contributed by atoms with Gasteiger partial charge in [0.05, 0.1) is 18.2 Å². The van der Waals surface area contributed by atoms with E-state index in [0.717, 1.165) is 16.9 Å². The van der Waals surface area contributed by atoms with E-state index in [1.807, 2.05) is 69.3 Å². The van der Waals surface area contributed by atoms with Crippen LogP contribution in [0.25, 0.3) is 0 Å². The van der Waals surface area contributed by atoms with Crippen molar-refractivity contribution in [3.63, 3.8) is 0 Å². The highest BCUT2D eigenvalue weighted by atomic mass is 16.5. The highest BCUT2D eigenvalue weighted by Crippen LogP contribution is 2.34. The van der Waals surface area contributed by atoms with Gasteiger partial charge in [-0.3, -0.25) is 9.59 Å². The molecule has 142 valence electrons. The largest absolute Gasteiger partial charge is 0.492 e. The molecule has 3 rings (SSSR count). The van der Waals surface area contributed by atoms with Gasteiger partial charge in [-0.1, -0.05) is 30.3 Å². The third-order valence-corrected chi connectivity index (χ3v) is 4.92. The molecule has 0 aliphatic carbocycles. The first kappa shape index (κ1) is 19.0. The number of anilines is 2. The van der Waals surface area contributed by atoms with Crippen LogP contribution in [0, 0.1) is 12.8 Å². The number of hydrogen-bond donors (Lipinski definition) is 0. The summed E-state index contributed by atoms with van der Waals surface area (Å²) in [5.41, 5.74) is 2.69. The van der Waals surface area contributed by atoms with Crippen molar-refractivity contribution in [3.05, 3.63) is 54.1 Å². The lowest BCUT2D eigenvalue weighted by Gasteiger charge is -2.26. The van der Waals surface area contributed by atoms with E-state index < -0.39 is 0 Å². The summed E-state index contributed by atoms with van der Waals surface area (Å²) >= 11 is 0. The smallest absolute Gasteiger partial charge is 0.232 e. The summed E-state index contributed by atoms with van der Waals surface area (Å²) < 4.78 is 5.66. The average molecular weight is 366 g/mol. The number of carbonyl (C=O) groups is 2. The summed E-state index contributed by atoms with van der Waals surface area (Å²) in [6.45, 7) is 7.35. The fourth-order valence-corrected chi connectivity index (χ4v) is 3.60. The van der Waals surface area contributed by atoms with Gasteiger partial charge in [-0.05, 0) is 44.5 Å². The molecule has 1 saturated heterocycles. The van der Waals surface area contributed by atoms with Gasteiger partial charge >= 0.3 is 0 Å². The molecular formula is C22H26N2O3. The van der Waals surface area contributed by atoms with Gasteiger partial charge in [0.25, 0.3) is 0 Å². The SMILES string of the molecule is CCOc1ccccc1N1CC(C(=O)N(CC)c2ccccc2C)CC1=O. The lowest BCUT2D eigenvalue weighted by molar-refractivity contribution is -0.124. The minimum atomic E-state index is -0.355. The van der Waals surface area contributed by atoms with Crippen LogP contribution < -0.4 is 14.5 Å². The second kappa shape index (κ2) is 8.25. The molecule has 0 saturated carbocycles. The van der Waals surface area contributed by atoms with E-state index in [-0.39, 0.29) is 24.2 Å². The Hall–Kier alpha value is -2.82. The normalized spacial score (nSPS) is 16.5. The lowest BCUT2D eigenvalue weighted by Crippen LogP contribution is -2.38. The van der Waals surface area contributed by atoms with Gasteiger partial charge in [0, 0.05) is 25.2 Å². The molecule has 0 radical (unpaired) electrons. The Morgan fingerprint density at radius 2 is 1.85 bits per heavy atom. The zero-order chi connectivity index (χ0) is 19.4. The fraction of sp³-hybridized carbons (Fsp3) is 0.364. The van der Waals surface area contributed by atoms with Gasteiger partial charge < -0.3 is 14.5 Å². The molecule has 1 atom stereocenters. The summed E-state index contributed by atoms with van der Waals surface area (Å²) in [5.74, 6) is 0.275. The third kappa shape index (κ3) is 3.82. The van der Waals surface area contributed by atoms with Crippen LogP contribution in [0.15, 0.2) is 48.5 Å². The Kier molecular flexibility index (Phi) is 5.79. The predicted octanol–water partition coefficient (Wildman–Crippen LogP) is 3.80. The first-order valence-electron chi connectivity index (χ1n) is 9.46. The molecule has 1 heterocycles. The van der Waals surface area contributed by atoms with Crippen molar-refractivity contribution in [2.24, 2.45) is 5.92 Å². The van der Waals surface area contributed by atoms with Gasteiger partial charge in [0.2, 0.25) is 11.8 Å². The number of rotatable bonds is 6. The molecule has 1 fully saturated rings. The maximum absolute atomic E-state index is 13.2. The Bertz CT molecular complexity index is 834. The van der Waals surface area contributed by atoms with Crippen molar-refractivity contribution >= 4 is 23.2 Å². The molecule has 1 unspecified atom stereocenters. The van der Waals surface area contributed by atoms with Crippen LogP contribution in [0.1, 0.15) is 25.8 Å². The maximum atomic E-state index is 13.2. The number of ether oxygens (including phenoxy) is 1. The van der Waals surface area contributed by atoms with Gasteiger partial charge in [-0.2, -0.15) is 0 Å². The highest BCUT2D eigenvalue weighted by Gasteiger charge is 2.38. The monoisotopic (exact) mass is 366 g/mol. The van der Waals surface area contributed by atoms with Crippen molar-refractivity contribution in [1.82, 2.24) is 0 Å². The number of benzene rings is 2.